The lowest BCUT2D eigenvalue weighted by Gasteiger charge is -2.35. The van der Waals surface area contributed by atoms with Gasteiger partial charge in [0, 0.05) is 24.8 Å². The molecule has 1 fully saturated rings. The quantitative estimate of drug-likeness (QED) is 0.880. The molecule has 2 heteroatoms. The molecule has 1 aromatic rings. The second-order valence-corrected chi connectivity index (χ2v) is 5.90. The highest BCUT2D eigenvalue weighted by atomic mass is 15.1. The van der Waals surface area contributed by atoms with E-state index in [1.54, 1.807) is 0 Å². The van der Waals surface area contributed by atoms with Crippen LogP contribution in [0.2, 0.25) is 0 Å². The Hall–Kier alpha value is -1.02. The Kier molecular flexibility index (Phi) is 4.28. The van der Waals surface area contributed by atoms with Crippen molar-refractivity contribution in [2.24, 2.45) is 11.7 Å². The number of anilines is 1. The molecule has 0 spiro atoms. The van der Waals surface area contributed by atoms with Crippen LogP contribution in [0.4, 0.5) is 5.69 Å². The van der Waals surface area contributed by atoms with Crippen LogP contribution in [0.3, 0.4) is 0 Å². The third kappa shape index (κ3) is 3.05. The Morgan fingerprint density at radius 3 is 2.17 bits per heavy atom. The smallest absolute Gasteiger partial charge is 0.0366 e. The summed E-state index contributed by atoms with van der Waals surface area (Å²) in [6, 6.07) is 9.56. The van der Waals surface area contributed by atoms with Crippen LogP contribution in [0.1, 0.15) is 51.1 Å². The molecule has 1 aromatic carbocycles. The summed E-state index contributed by atoms with van der Waals surface area (Å²) >= 11 is 0. The van der Waals surface area contributed by atoms with Crippen LogP contribution in [0.15, 0.2) is 24.3 Å². The van der Waals surface area contributed by atoms with E-state index in [1.807, 2.05) is 6.92 Å². The summed E-state index contributed by atoms with van der Waals surface area (Å²) in [5, 5.41) is 0. The van der Waals surface area contributed by atoms with Gasteiger partial charge < -0.3 is 10.6 Å². The highest BCUT2D eigenvalue weighted by Gasteiger charge is 2.21. The van der Waals surface area contributed by atoms with Crippen LogP contribution >= 0.6 is 0 Å². The van der Waals surface area contributed by atoms with Gasteiger partial charge in [0.25, 0.3) is 0 Å². The molecule has 100 valence electrons. The summed E-state index contributed by atoms with van der Waals surface area (Å²) in [5.74, 6) is 0.912. The van der Waals surface area contributed by atoms with E-state index in [9.17, 15) is 0 Å². The molecule has 2 rings (SSSR count). The average Bonchev–Trinajstić information content (AvgIpc) is 2.39. The minimum atomic E-state index is 0.125. The summed E-state index contributed by atoms with van der Waals surface area (Å²) in [7, 11) is 2.22. The van der Waals surface area contributed by atoms with Gasteiger partial charge in [0.2, 0.25) is 0 Å². The van der Waals surface area contributed by atoms with Crippen molar-refractivity contribution in [3.8, 4) is 0 Å². The number of rotatable bonds is 3. The Morgan fingerprint density at radius 1 is 1.11 bits per heavy atom. The summed E-state index contributed by atoms with van der Waals surface area (Å²) in [5.41, 5.74) is 8.42. The van der Waals surface area contributed by atoms with Crippen molar-refractivity contribution < 1.29 is 0 Å². The maximum absolute atomic E-state index is 5.88. The van der Waals surface area contributed by atoms with Gasteiger partial charge in [0.05, 0.1) is 0 Å². The molecule has 1 saturated carbocycles. The second kappa shape index (κ2) is 5.75. The molecule has 1 aliphatic carbocycles. The maximum Gasteiger partial charge on any atom is 0.0366 e. The zero-order valence-corrected chi connectivity index (χ0v) is 11.9. The van der Waals surface area contributed by atoms with Crippen LogP contribution in [-0.2, 0) is 0 Å². The summed E-state index contributed by atoms with van der Waals surface area (Å²) in [4.78, 5) is 2.44. The lowest BCUT2D eigenvalue weighted by molar-refractivity contribution is 0.341. The maximum atomic E-state index is 5.88. The van der Waals surface area contributed by atoms with Gasteiger partial charge >= 0.3 is 0 Å². The van der Waals surface area contributed by atoms with Gasteiger partial charge in [-0.3, -0.25) is 0 Å². The molecular weight excluding hydrogens is 220 g/mol. The number of benzene rings is 1. The Bertz CT molecular complexity index is 361. The fourth-order valence-electron chi connectivity index (χ4n) is 2.85. The van der Waals surface area contributed by atoms with E-state index in [0.29, 0.717) is 6.04 Å². The van der Waals surface area contributed by atoms with E-state index < -0.39 is 0 Å². The molecular formula is C16H26N2. The van der Waals surface area contributed by atoms with Gasteiger partial charge in [-0.2, -0.15) is 0 Å². The molecule has 0 radical (unpaired) electrons. The second-order valence-electron chi connectivity index (χ2n) is 5.90. The SMILES string of the molecule is CC1CCC(N(C)c2ccc(C(C)N)cc2)CC1. The number of nitrogens with zero attached hydrogens (tertiary/aromatic N) is 1. The zero-order chi connectivity index (χ0) is 13.1. The first-order valence-electron chi connectivity index (χ1n) is 7.16. The van der Waals surface area contributed by atoms with Crippen molar-refractivity contribution in [1.29, 1.82) is 0 Å². The van der Waals surface area contributed by atoms with Crippen molar-refractivity contribution in [3.63, 3.8) is 0 Å². The summed E-state index contributed by atoms with van der Waals surface area (Å²) in [6.07, 6.45) is 5.39. The van der Waals surface area contributed by atoms with Crippen molar-refractivity contribution in [2.45, 2.75) is 51.6 Å². The zero-order valence-electron chi connectivity index (χ0n) is 11.9. The van der Waals surface area contributed by atoms with Gasteiger partial charge in [-0.1, -0.05) is 19.1 Å². The molecule has 0 aliphatic heterocycles. The number of nitrogens with two attached hydrogens (primary N) is 1. The van der Waals surface area contributed by atoms with Crippen LogP contribution in [0, 0.1) is 5.92 Å². The fourth-order valence-corrected chi connectivity index (χ4v) is 2.85. The number of hydrogen-bond donors (Lipinski definition) is 1. The molecule has 0 amide bonds. The molecule has 2 nitrogen and oxygen atoms in total. The van der Waals surface area contributed by atoms with Crippen molar-refractivity contribution in [2.75, 3.05) is 11.9 Å². The largest absolute Gasteiger partial charge is 0.372 e. The van der Waals surface area contributed by atoms with Gasteiger partial charge in [-0.05, 0) is 56.2 Å². The Balaban J connectivity index is 2.02. The van der Waals surface area contributed by atoms with E-state index in [0.717, 1.165) is 5.92 Å². The van der Waals surface area contributed by atoms with Crippen LogP contribution < -0.4 is 10.6 Å². The first-order chi connectivity index (χ1) is 8.58. The average molecular weight is 246 g/mol. The van der Waals surface area contributed by atoms with Gasteiger partial charge in [0.15, 0.2) is 0 Å². The van der Waals surface area contributed by atoms with E-state index in [-0.39, 0.29) is 6.04 Å². The lowest BCUT2D eigenvalue weighted by atomic mass is 9.86. The van der Waals surface area contributed by atoms with E-state index in [1.165, 1.54) is 36.9 Å². The van der Waals surface area contributed by atoms with Crippen LogP contribution in [0.25, 0.3) is 0 Å². The minimum absolute atomic E-state index is 0.125. The predicted molar refractivity (Wildman–Crippen MR) is 78.9 cm³/mol. The standard InChI is InChI=1S/C16H26N2/c1-12-4-8-15(9-5-12)18(3)16-10-6-14(7-11-16)13(2)17/h6-7,10-13,15H,4-5,8-9,17H2,1-3H3. The van der Waals surface area contributed by atoms with Crippen molar-refractivity contribution >= 4 is 5.69 Å². The molecule has 18 heavy (non-hydrogen) atoms. The first-order valence-corrected chi connectivity index (χ1v) is 7.16. The monoisotopic (exact) mass is 246 g/mol. The molecule has 1 unspecified atom stereocenters. The van der Waals surface area contributed by atoms with Crippen molar-refractivity contribution in [1.82, 2.24) is 0 Å². The Labute approximate surface area is 111 Å². The Morgan fingerprint density at radius 2 is 1.67 bits per heavy atom. The van der Waals surface area contributed by atoms with E-state index in [4.69, 9.17) is 5.73 Å². The molecule has 0 bridgehead atoms. The molecule has 0 aromatic heterocycles. The third-order valence-electron chi connectivity index (χ3n) is 4.36. The minimum Gasteiger partial charge on any atom is -0.372 e. The first kappa shape index (κ1) is 13.4. The summed E-state index contributed by atoms with van der Waals surface area (Å²) in [6.45, 7) is 4.40. The predicted octanol–water partition coefficient (Wildman–Crippen LogP) is 3.72. The van der Waals surface area contributed by atoms with Crippen LogP contribution in [0.5, 0.6) is 0 Å². The topological polar surface area (TPSA) is 29.3 Å². The molecule has 2 N–H and O–H groups in total. The van der Waals surface area contributed by atoms with Gasteiger partial charge in [-0.25, -0.2) is 0 Å². The van der Waals surface area contributed by atoms with E-state index in [2.05, 4.69) is 43.1 Å². The van der Waals surface area contributed by atoms with E-state index >= 15 is 0 Å². The van der Waals surface area contributed by atoms with Gasteiger partial charge in [0.1, 0.15) is 0 Å². The molecule has 0 saturated heterocycles. The van der Waals surface area contributed by atoms with Crippen LogP contribution in [-0.4, -0.2) is 13.1 Å². The highest BCUT2D eigenvalue weighted by Crippen LogP contribution is 2.29. The number of hydrogen-bond acceptors (Lipinski definition) is 2. The lowest BCUT2D eigenvalue weighted by Crippen LogP contribution is -2.34. The molecule has 1 atom stereocenters. The van der Waals surface area contributed by atoms with Gasteiger partial charge in [-0.15, -0.1) is 0 Å². The third-order valence-corrected chi connectivity index (χ3v) is 4.36. The highest BCUT2D eigenvalue weighted by molar-refractivity contribution is 5.48. The fraction of sp³-hybridized carbons (Fsp3) is 0.625. The normalized spacial score (nSPS) is 25.8. The molecule has 0 heterocycles. The van der Waals surface area contributed by atoms with Crippen molar-refractivity contribution in [3.05, 3.63) is 29.8 Å². The summed E-state index contributed by atoms with van der Waals surface area (Å²) < 4.78 is 0. The molecule has 1 aliphatic rings.